The molecule has 0 saturated carbocycles. The van der Waals surface area contributed by atoms with Crippen molar-refractivity contribution in [3.05, 3.63) is 45.7 Å². The molecular formula is C16H18N2O3. The second kappa shape index (κ2) is 5.77. The van der Waals surface area contributed by atoms with E-state index in [9.17, 15) is 9.90 Å². The van der Waals surface area contributed by atoms with E-state index in [1.807, 2.05) is 19.2 Å². The lowest BCUT2D eigenvalue weighted by Gasteiger charge is -1.97. The molecule has 2 rings (SSSR count). The Kier molecular flexibility index (Phi) is 4.05. The number of aryl methyl sites for hydroxylation is 1. The summed E-state index contributed by atoms with van der Waals surface area (Å²) in [5.41, 5.74) is 6.35. The molecule has 0 aromatic carbocycles. The smallest absolute Gasteiger partial charge is 0.303 e. The summed E-state index contributed by atoms with van der Waals surface area (Å²) in [7, 11) is 0. The molecule has 2 heterocycles. The lowest BCUT2D eigenvalue weighted by atomic mass is 10.1. The molecule has 0 saturated heterocycles. The van der Waals surface area contributed by atoms with Crippen molar-refractivity contribution in [3.8, 4) is 5.88 Å². The summed E-state index contributed by atoms with van der Waals surface area (Å²) in [4.78, 5) is 16.6. The lowest BCUT2D eigenvalue weighted by molar-refractivity contribution is -0.136. The Hall–Kier alpha value is -2.65. The number of aromatic nitrogens is 2. The molecule has 0 amide bonds. The van der Waals surface area contributed by atoms with Gasteiger partial charge in [0.1, 0.15) is 0 Å². The van der Waals surface area contributed by atoms with Gasteiger partial charge >= 0.3 is 5.97 Å². The van der Waals surface area contributed by atoms with Crippen molar-refractivity contribution >= 4 is 17.8 Å². The quantitative estimate of drug-likeness (QED) is 0.678. The van der Waals surface area contributed by atoms with Crippen molar-refractivity contribution in [2.45, 2.75) is 26.7 Å². The summed E-state index contributed by atoms with van der Waals surface area (Å²) in [5, 5.41) is 19.9. The number of carbonyl (C=O) groups is 1. The van der Waals surface area contributed by atoms with Crippen LogP contribution in [0.25, 0.3) is 11.8 Å². The standard InChI is InChI=1S/C16H18N2O3/c1-4-12-10(3)16(21)18-14(12)7-13-9(2)11(8-17-13)5-6-15(19)20/h7-8,17-18,21H,1,5-6H2,2-3H3,(H,19,20). The first-order chi connectivity index (χ1) is 9.93. The van der Waals surface area contributed by atoms with Gasteiger partial charge in [-0.3, -0.25) is 4.79 Å². The van der Waals surface area contributed by atoms with Crippen molar-refractivity contribution in [1.82, 2.24) is 9.97 Å². The zero-order valence-electron chi connectivity index (χ0n) is 12.1. The van der Waals surface area contributed by atoms with Gasteiger partial charge in [0, 0.05) is 29.1 Å². The zero-order chi connectivity index (χ0) is 15.6. The molecule has 4 N–H and O–H groups in total. The summed E-state index contributed by atoms with van der Waals surface area (Å²) in [6, 6.07) is 0. The summed E-state index contributed by atoms with van der Waals surface area (Å²) in [6.07, 6.45) is 4.27. The minimum absolute atomic E-state index is 0.0997. The number of nitrogens with one attached hydrogen (secondary N) is 2. The summed E-state index contributed by atoms with van der Waals surface area (Å²) >= 11 is 0. The average Bonchev–Trinajstić information content (AvgIpc) is 2.90. The predicted molar refractivity (Wildman–Crippen MR) is 80.5 cm³/mol. The van der Waals surface area contributed by atoms with Crippen molar-refractivity contribution in [1.29, 1.82) is 0 Å². The molecule has 0 unspecified atom stereocenters. The predicted octanol–water partition coefficient (Wildman–Crippen LogP) is 1.08. The fraction of sp³-hybridized carbons (Fsp3) is 0.250. The molecule has 2 aromatic rings. The minimum Gasteiger partial charge on any atom is -0.494 e. The average molecular weight is 286 g/mol. The number of rotatable bonds is 4. The van der Waals surface area contributed by atoms with Crippen LogP contribution in [0.15, 0.2) is 12.8 Å². The van der Waals surface area contributed by atoms with E-state index in [4.69, 9.17) is 5.11 Å². The Balaban J connectivity index is 2.46. The second-order valence-electron chi connectivity index (χ2n) is 4.95. The van der Waals surface area contributed by atoms with Gasteiger partial charge < -0.3 is 20.2 Å². The molecule has 5 nitrogen and oxygen atoms in total. The van der Waals surface area contributed by atoms with Gasteiger partial charge in [-0.25, -0.2) is 0 Å². The first-order valence-electron chi connectivity index (χ1n) is 6.62. The van der Waals surface area contributed by atoms with Gasteiger partial charge in [-0.1, -0.05) is 6.58 Å². The largest absolute Gasteiger partial charge is 0.494 e. The van der Waals surface area contributed by atoms with Gasteiger partial charge in [-0.15, -0.1) is 5.73 Å². The number of aromatic amines is 2. The van der Waals surface area contributed by atoms with Gasteiger partial charge in [-0.2, -0.15) is 0 Å². The molecule has 2 aromatic heterocycles. The third-order valence-corrected chi connectivity index (χ3v) is 3.61. The summed E-state index contributed by atoms with van der Waals surface area (Å²) < 4.78 is 0. The van der Waals surface area contributed by atoms with E-state index in [2.05, 4.69) is 22.3 Å². The Bertz CT molecular complexity index is 821. The van der Waals surface area contributed by atoms with E-state index in [1.54, 1.807) is 6.92 Å². The molecule has 0 radical (unpaired) electrons. The Morgan fingerprint density at radius 3 is 2.76 bits per heavy atom. The molecule has 0 fully saturated rings. The normalized spacial score (nSPS) is 11.6. The monoisotopic (exact) mass is 286 g/mol. The van der Waals surface area contributed by atoms with Crippen molar-refractivity contribution in [2.24, 2.45) is 0 Å². The number of hydrogen-bond donors (Lipinski definition) is 4. The number of H-pyrrole nitrogens is 2. The molecule has 110 valence electrons. The van der Waals surface area contributed by atoms with Crippen LogP contribution in [-0.4, -0.2) is 26.2 Å². The Morgan fingerprint density at radius 1 is 1.43 bits per heavy atom. The first-order valence-corrected chi connectivity index (χ1v) is 6.62. The molecule has 0 atom stereocenters. The van der Waals surface area contributed by atoms with Crippen LogP contribution >= 0.6 is 0 Å². The fourth-order valence-electron chi connectivity index (χ4n) is 2.29. The number of hydrogen-bond acceptors (Lipinski definition) is 2. The Morgan fingerprint density at radius 2 is 2.14 bits per heavy atom. The highest BCUT2D eigenvalue weighted by Crippen LogP contribution is 2.15. The van der Waals surface area contributed by atoms with Crippen LogP contribution in [0, 0.1) is 13.8 Å². The van der Waals surface area contributed by atoms with Crippen LogP contribution in [0.4, 0.5) is 0 Å². The van der Waals surface area contributed by atoms with Crippen LogP contribution < -0.4 is 10.6 Å². The minimum atomic E-state index is -0.811. The number of aromatic hydroxyl groups is 1. The van der Waals surface area contributed by atoms with Crippen LogP contribution in [0.2, 0.25) is 0 Å². The molecule has 21 heavy (non-hydrogen) atoms. The van der Waals surface area contributed by atoms with E-state index >= 15 is 0 Å². The topological polar surface area (TPSA) is 89.1 Å². The van der Waals surface area contributed by atoms with E-state index in [0.717, 1.165) is 27.4 Å². The number of carboxylic acid groups (broad SMARTS) is 1. The van der Waals surface area contributed by atoms with Crippen molar-refractivity contribution < 1.29 is 15.0 Å². The van der Waals surface area contributed by atoms with Crippen LogP contribution in [0.5, 0.6) is 5.88 Å². The molecule has 0 spiro atoms. The fourth-order valence-corrected chi connectivity index (χ4v) is 2.29. The second-order valence-corrected chi connectivity index (χ2v) is 4.95. The molecule has 5 heteroatoms. The zero-order valence-corrected chi connectivity index (χ0v) is 12.1. The molecule has 0 aliphatic rings. The maximum Gasteiger partial charge on any atom is 0.303 e. The Labute approximate surface area is 122 Å². The first kappa shape index (κ1) is 14.8. The summed E-state index contributed by atoms with van der Waals surface area (Å²) in [6.45, 7) is 7.36. The summed E-state index contributed by atoms with van der Waals surface area (Å²) in [5.74, 6) is -0.711. The van der Waals surface area contributed by atoms with Crippen LogP contribution in [0.1, 0.15) is 28.8 Å². The highest BCUT2D eigenvalue weighted by Gasteiger charge is 2.08. The van der Waals surface area contributed by atoms with Gasteiger partial charge in [-0.05, 0) is 37.5 Å². The van der Waals surface area contributed by atoms with Crippen LogP contribution in [0.3, 0.4) is 0 Å². The van der Waals surface area contributed by atoms with E-state index < -0.39 is 5.97 Å². The maximum absolute atomic E-state index is 10.6. The van der Waals surface area contributed by atoms with Gasteiger partial charge in [0.2, 0.25) is 0 Å². The number of aliphatic carboxylic acids is 1. The maximum atomic E-state index is 10.6. The molecule has 0 aliphatic heterocycles. The van der Waals surface area contributed by atoms with E-state index in [0.29, 0.717) is 12.0 Å². The van der Waals surface area contributed by atoms with Gasteiger partial charge in [0.05, 0.1) is 5.35 Å². The highest BCUT2D eigenvalue weighted by atomic mass is 16.4. The van der Waals surface area contributed by atoms with Crippen molar-refractivity contribution in [3.63, 3.8) is 0 Å². The highest BCUT2D eigenvalue weighted by molar-refractivity contribution is 5.67. The molecule has 0 bridgehead atoms. The third-order valence-electron chi connectivity index (χ3n) is 3.61. The van der Waals surface area contributed by atoms with Gasteiger partial charge in [0.25, 0.3) is 0 Å². The van der Waals surface area contributed by atoms with Crippen LogP contribution in [-0.2, 0) is 11.2 Å². The SMILES string of the molecule is C=C=c1c(C)c(O)[nH]c1=Cc1[nH]cc(CCC(=O)O)c1C. The number of carboxylic acids is 1. The van der Waals surface area contributed by atoms with E-state index in [1.165, 1.54) is 0 Å². The van der Waals surface area contributed by atoms with Crippen molar-refractivity contribution in [2.75, 3.05) is 0 Å². The third kappa shape index (κ3) is 2.93. The van der Waals surface area contributed by atoms with E-state index in [-0.39, 0.29) is 12.3 Å². The van der Waals surface area contributed by atoms with Gasteiger partial charge in [0.15, 0.2) is 5.88 Å². The lowest BCUT2D eigenvalue weighted by Crippen LogP contribution is -2.23. The molecular weight excluding hydrogens is 268 g/mol. The molecule has 0 aliphatic carbocycles.